The van der Waals surface area contributed by atoms with Crippen molar-refractivity contribution in [2.45, 2.75) is 33.1 Å². The summed E-state index contributed by atoms with van der Waals surface area (Å²) < 4.78 is 0. The third-order valence-electron chi connectivity index (χ3n) is 3.48. The van der Waals surface area contributed by atoms with Crippen molar-refractivity contribution in [3.63, 3.8) is 0 Å². The minimum Gasteiger partial charge on any atom is -0.356 e. The number of benzene rings is 1. The third kappa shape index (κ3) is 8.88. The number of hydrogen-bond donors (Lipinski definition) is 2. The minimum atomic E-state index is 0. The van der Waals surface area contributed by atoms with Crippen molar-refractivity contribution in [2.75, 3.05) is 32.1 Å². The zero-order valence-corrected chi connectivity index (χ0v) is 17.4. The summed E-state index contributed by atoms with van der Waals surface area (Å²) in [7, 11) is 1.83. The fourth-order valence-electron chi connectivity index (χ4n) is 2.24. The van der Waals surface area contributed by atoms with Crippen LogP contribution in [-0.2, 0) is 6.42 Å². The van der Waals surface area contributed by atoms with Gasteiger partial charge >= 0.3 is 0 Å². The van der Waals surface area contributed by atoms with Crippen LogP contribution in [0.3, 0.4) is 0 Å². The molecule has 0 fully saturated rings. The molecule has 0 amide bonds. The lowest BCUT2D eigenvalue weighted by Gasteiger charge is -2.12. The Morgan fingerprint density at radius 1 is 1.14 bits per heavy atom. The van der Waals surface area contributed by atoms with Crippen LogP contribution >= 0.6 is 35.7 Å². The Labute approximate surface area is 157 Å². The molecule has 0 aliphatic heterocycles. The van der Waals surface area contributed by atoms with Gasteiger partial charge in [0.15, 0.2) is 5.96 Å². The molecule has 0 heterocycles. The number of guanidine groups is 1. The molecule has 5 heteroatoms. The number of thioether (sulfide) groups is 1. The minimum absolute atomic E-state index is 0. The first-order valence-corrected chi connectivity index (χ1v) is 9.06. The highest BCUT2D eigenvalue weighted by atomic mass is 127. The number of nitrogens with one attached hydrogen (secondary N) is 2. The predicted molar refractivity (Wildman–Crippen MR) is 112 cm³/mol. The molecule has 126 valence electrons. The second-order valence-corrected chi connectivity index (χ2v) is 6.29. The van der Waals surface area contributed by atoms with Crippen LogP contribution in [-0.4, -0.2) is 38.1 Å². The molecule has 0 saturated carbocycles. The Hall–Kier alpha value is -0.430. The topological polar surface area (TPSA) is 36.4 Å². The number of aliphatic imine (C=N–C) groups is 1. The van der Waals surface area contributed by atoms with Crippen molar-refractivity contribution >= 4 is 41.7 Å². The van der Waals surface area contributed by atoms with Crippen molar-refractivity contribution in [1.82, 2.24) is 10.6 Å². The first kappa shape index (κ1) is 21.6. The molecular weight excluding hydrogens is 405 g/mol. The molecule has 0 spiro atoms. The maximum Gasteiger partial charge on any atom is 0.190 e. The lowest BCUT2D eigenvalue weighted by molar-refractivity contribution is 0.730. The highest BCUT2D eigenvalue weighted by molar-refractivity contribution is 14.0. The normalized spacial score (nSPS) is 11.0. The molecule has 0 saturated heterocycles. The molecule has 1 rings (SSSR count). The molecule has 3 nitrogen and oxygen atoms in total. The summed E-state index contributed by atoms with van der Waals surface area (Å²) in [6.45, 7) is 6.22. The maximum atomic E-state index is 4.26. The van der Waals surface area contributed by atoms with E-state index < -0.39 is 0 Å². The van der Waals surface area contributed by atoms with Crippen molar-refractivity contribution in [1.29, 1.82) is 0 Å². The fourth-order valence-corrected chi connectivity index (χ4v) is 2.73. The zero-order chi connectivity index (χ0) is 15.5. The number of aryl methyl sites for hydroxylation is 2. The van der Waals surface area contributed by atoms with Crippen LogP contribution in [0.4, 0.5) is 0 Å². The van der Waals surface area contributed by atoms with Gasteiger partial charge in [0.1, 0.15) is 0 Å². The van der Waals surface area contributed by atoms with E-state index in [4.69, 9.17) is 0 Å². The summed E-state index contributed by atoms with van der Waals surface area (Å²) in [6, 6.07) is 6.65. The smallest absolute Gasteiger partial charge is 0.190 e. The third-order valence-corrected chi connectivity index (χ3v) is 4.17. The van der Waals surface area contributed by atoms with Gasteiger partial charge in [-0.1, -0.05) is 23.8 Å². The molecule has 0 bridgehead atoms. The summed E-state index contributed by atoms with van der Waals surface area (Å²) in [5.41, 5.74) is 4.10. The van der Waals surface area contributed by atoms with Gasteiger partial charge in [0.05, 0.1) is 0 Å². The highest BCUT2D eigenvalue weighted by Crippen LogP contribution is 2.10. The van der Waals surface area contributed by atoms with E-state index in [0.29, 0.717) is 0 Å². The van der Waals surface area contributed by atoms with E-state index in [1.54, 1.807) is 0 Å². The molecule has 0 aromatic heterocycles. The van der Waals surface area contributed by atoms with E-state index >= 15 is 0 Å². The molecule has 0 radical (unpaired) electrons. The standard InChI is InChI=1S/C17H29N3S.HI/c1-14-7-8-16(15(2)13-14)9-11-20-17(18-3)19-10-5-6-12-21-4;/h7-8,13H,5-6,9-12H2,1-4H3,(H2,18,19,20);1H. The van der Waals surface area contributed by atoms with E-state index in [-0.39, 0.29) is 24.0 Å². The molecular formula is C17H30IN3S. The fraction of sp³-hybridized carbons (Fsp3) is 0.588. The van der Waals surface area contributed by atoms with Crippen LogP contribution in [0, 0.1) is 13.8 Å². The van der Waals surface area contributed by atoms with Gasteiger partial charge < -0.3 is 10.6 Å². The average molecular weight is 435 g/mol. The monoisotopic (exact) mass is 435 g/mol. The second-order valence-electron chi connectivity index (χ2n) is 5.31. The number of rotatable bonds is 8. The Morgan fingerprint density at radius 3 is 2.50 bits per heavy atom. The van der Waals surface area contributed by atoms with E-state index in [1.165, 1.54) is 35.3 Å². The largest absolute Gasteiger partial charge is 0.356 e. The predicted octanol–water partition coefficient (Wildman–Crippen LogP) is 3.77. The Balaban J connectivity index is 0.00000441. The van der Waals surface area contributed by atoms with Gasteiger partial charge in [-0.3, -0.25) is 4.99 Å². The molecule has 22 heavy (non-hydrogen) atoms. The Bertz CT molecular complexity index is 450. The summed E-state index contributed by atoms with van der Waals surface area (Å²) >= 11 is 1.91. The lowest BCUT2D eigenvalue weighted by atomic mass is 10.0. The maximum absolute atomic E-state index is 4.26. The SMILES string of the molecule is CN=C(NCCCCSC)NCCc1ccc(C)cc1C.I. The summed E-state index contributed by atoms with van der Waals surface area (Å²) in [6.07, 6.45) is 5.63. The number of nitrogens with zero attached hydrogens (tertiary/aromatic N) is 1. The van der Waals surface area contributed by atoms with E-state index in [9.17, 15) is 0 Å². The first-order chi connectivity index (χ1) is 10.2. The van der Waals surface area contributed by atoms with Gasteiger partial charge in [0.2, 0.25) is 0 Å². The van der Waals surface area contributed by atoms with Gasteiger partial charge in [-0.05, 0) is 56.2 Å². The molecule has 1 aromatic carbocycles. The van der Waals surface area contributed by atoms with Crippen LogP contribution in [0.15, 0.2) is 23.2 Å². The van der Waals surface area contributed by atoms with Gasteiger partial charge in [-0.25, -0.2) is 0 Å². The Morgan fingerprint density at radius 2 is 1.86 bits per heavy atom. The highest BCUT2D eigenvalue weighted by Gasteiger charge is 2.00. The van der Waals surface area contributed by atoms with Crippen molar-refractivity contribution < 1.29 is 0 Å². The van der Waals surface area contributed by atoms with E-state index in [1.807, 2.05) is 18.8 Å². The van der Waals surface area contributed by atoms with Gasteiger partial charge in [-0.2, -0.15) is 11.8 Å². The second kappa shape index (κ2) is 13.0. The van der Waals surface area contributed by atoms with Crippen molar-refractivity contribution in [3.05, 3.63) is 34.9 Å². The lowest BCUT2D eigenvalue weighted by Crippen LogP contribution is -2.38. The molecule has 1 aromatic rings. The van der Waals surface area contributed by atoms with Crippen LogP contribution < -0.4 is 10.6 Å². The summed E-state index contributed by atoms with van der Waals surface area (Å²) in [4.78, 5) is 4.26. The molecule has 2 N–H and O–H groups in total. The average Bonchev–Trinajstić information content (AvgIpc) is 2.47. The van der Waals surface area contributed by atoms with Crippen molar-refractivity contribution in [2.24, 2.45) is 4.99 Å². The van der Waals surface area contributed by atoms with Gasteiger partial charge in [0, 0.05) is 20.1 Å². The number of halogens is 1. The number of hydrogen-bond acceptors (Lipinski definition) is 2. The van der Waals surface area contributed by atoms with Crippen LogP contribution in [0.1, 0.15) is 29.5 Å². The van der Waals surface area contributed by atoms with Crippen molar-refractivity contribution in [3.8, 4) is 0 Å². The molecule has 0 aliphatic carbocycles. The van der Waals surface area contributed by atoms with Crippen LogP contribution in [0.2, 0.25) is 0 Å². The number of unbranched alkanes of at least 4 members (excludes halogenated alkanes) is 1. The summed E-state index contributed by atoms with van der Waals surface area (Å²) in [5, 5.41) is 6.75. The van der Waals surface area contributed by atoms with Crippen LogP contribution in [0.5, 0.6) is 0 Å². The first-order valence-electron chi connectivity index (χ1n) is 7.67. The van der Waals surface area contributed by atoms with Gasteiger partial charge in [-0.15, -0.1) is 24.0 Å². The van der Waals surface area contributed by atoms with E-state index in [0.717, 1.165) is 25.5 Å². The Kier molecular flexibility index (Phi) is 12.8. The van der Waals surface area contributed by atoms with Gasteiger partial charge in [0.25, 0.3) is 0 Å². The van der Waals surface area contributed by atoms with E-state index in [2.05, 4.69) is 53.9 Å². The summed E-state index contributed by atoms with van der Waals surface area (Å²) in [5.74, 6) is 2.14. The molecule has 0 unspecified atom stereocenters. The quantitative estimate of drug-likeness (QED) is 0.283. The molecule has 0 aliphatic rings. The molecule has 0 atom stereocenters. The zero-order valence-electron chi connectivity index (χ0n) is 14.2. The van der Waals surface area contributed by atoms with Crippen LogP contribution in [0.25, 0.3) is 0 Å².